The molecule has 33 heavy (non-hydrogen) atoms. The van der Waals surface area contributed by atoms with E-state index in [4.69, 9.17) is 4.98 Å². The first kappa shape index (κ1) is 22.9. The van der Waals surface area contributed by atoms with E-state index in [0.29, 0.717) is 6.42 Å². The lowest BCUT2D eigenvalue weighted by molar-refractivity contribution is -0.116. The summed E-state index contributed by atoms with van der Waals surface area (Å²) in [6.07, 6.45) is 10.1. The summed E-state index contributed by atoms with van der Waals surface area (Å²) in [5, 5.41) is 10.9. The third kappa shape index (κ3) is 4.70. The summed E-state index contributed by atoms with van der Waals surface area (Å²) in [5.74, 6) is 0.0769. The minimum atomic E-state index is 0. The van der Waals surface area contributed by atoms with Gasteiger partial charge in [0.25, 0.3) is 0 Å². The van der Waals surface area contributed by atoms with Crippen LogP contribution in [0.25, 0.3) is 20.8 Å². The van der Waals surface area contributed by atoms with Crippen molar-refractivity contribution in [2.75, 3.05) is 18.4 Å². The van der Waals surface area contributed by atoms with Crippen molar-refractivity contribution in [1.82, 2.24) is 25.7 Å². The van der Waals surface area contributed by atoms with E-state index in [0.717, 1.165) is 63.8 Å². The van der Waals surface area contributed by atoms with Gasteiger partial charge in [0.1, 0.15) is 15.5 Å². The molecule has 0 aromatic carbocycles. The first-order valence-electron chi connectivity index (χ1n) is 12.1. The van der Waals surface area contributed by atoms with Crippen molar-refractivity contribution >= 4 is 43.8 Å². The number of hydrogen-bond acceptors (Lipinski definition) is 8. The number of amides is 1. The molecule has 1 amide bonds. The Labute approximate surface area is 205 Å². The van der Waals surface area contributed by atoms with Crippen molar-refractivity contribution in [1.29, 1.82) is 0 Å². The average molecular weight is 489 g/mol. The molecular weight excluding hydrogens is 452 g/mol. The van der Waals surface area contributed by atoms with Crippen LogP contribution < -0.4 is 16.1 Å². The smallest absolute Gasteiger partial charge is 0.224 e. The highest BCUT2D eigenvalue weighted by Gasteiger charge is 2.38. The predicted molar refractivity (Wildman–Crippen MR) is 141 cm³/mol. The molecule has 180 valence electrons. The summed E-state index contributed by atoms with van der Waals surface area (Å²) in [6, 6.07) is 3.74. The first-order chi connectivity index (χ1) is 16.2. The number of nitrogens with one attached hydrogen (secondary N) is 3. The monoisotopic (exact) mass is 488 g/mol. The van der Waals surface area contributed by atoms with Gasteiger partial charge in [-0.2, -0.15) is 0 Å². The van der Waals surface area contributed by atoms with E-state index >= 15 is 0 Å². The summed E-state index contributed by atoms with van der Waals surface area (Å²) in [6.45, 7) is 7.35. The van der Waals surface area contributed by atoms with Crippen LogP contribution in [0.4, 0.5) is 5.00 Å². The number of fused-ring (bicyclic) bond motifs is 3. The highest BCUT2D eigenvalue weighted by molar-refractivity contribution is 7.22. The van der Waals surface area contributed by atoms with Gasteiger partial charge in [-0.05, 0) is 50.3 Å². The first-order valence-corrected chi connectivity index (χ1v) is 13.7. The van der Waals surface area contributed by atoms with Crippen molar-refractivity contribution in [3.05, 3.63) is 28.9 Å². The SMILES string of the molecule is CCCC(=O)Nc1sc2c(c1-c1nc3cnccc3s1)CCNC2.CC[C@H]1CC[C@H]2CNN12.[HH].[HH]. The standard InChI is InChI=1S/C17H18N4OS2.C7H14N2.2H2/c1-2-3-14(22)21-17-15(10-4-6-19-9-13(10)24-17)16-20-11-8-18-7-5-12(11)23-16;1-2-6-3-4-7-5-8-9(6)7;;/h5,7-8,19H,2-4,6,9H2,1H3,(H,21,22);6-8H,2-5H2,1H3;2*1H/t;6-,7-;;/m.0../s1. The lowest BCUT2D eigenvalue weighted by Gasteiger charge is -2.39. The van der Waals surface area contributed by atoms with Gasteiger partial charge in [-0.3, -0.25) is 15.2 Å². The molecule has 2 atom stereocenters. The van der Waals surface area contributed by atoms with E-state index in [2.05, 4.69) is 33.0 Å². The fraction of sp³-hybridized carbons (Fsp3) is 0.542. The molecule has 9 heteroatoms. The molecule has 6 heterocycles. The zero-order valence-electron chi connectivity index (χ0n) is 19.3. The third-order valence-corrected chi connectivity index (χ3v) is 8.86. The van der Waals surface area contributed by atoms with Crippen LogP contribution in [0.1, 0.15) is 59.2 Å². The molecule has 3 aromatic rings. The number of hydrogen-bond donors (Lipinski definition) is 3. The van der Waals surface area contributed by atoms with Crippen LogP contribution in [0, 0.1) is 0 Å². The van der Waals surface area contributed by atoms with Crippen molar-refractivity contribution in [3.8, 4) is 10.6 Å². The van der Waals surface area contributed by atoms with E-state index in [9.17, 15) is 4.79 Å². The van der Waals surface area contributed by atoms with Crippen molar-refractivity contribution in [2.24, 2.45) is 0 Å². The Hall–Kier alpha value is -1.91. The van der Waals surface area contributed by atoms with Crippen molar-refractivity contribution in [2.45, 2.75) is 71.0 Å². The summed E-state index contributed by atoms with van der Waals surface area (Å²) in [4.78, 5) is 22.4. The molecule has 3 aliphatic rings. The molecule has 7 nitrogen and oxygen atoms in total. The van der Waals surface area contributed by atoms with Crippen LogP contribution in [0.5, 0.6) is 0 Å². The van der Waals surface area contributed by atoms with Crippen molar-refractivity contribution in [3.63, 3.8) is 0 Å². The fourth-order valence-corrected chi connectivity index (χ4v) is 7.18. The number of carbonyl (C=O) groups excluding carboxylic acids is 1. The molecule has 3 aromatic heterocycles. The topological polar surface area (TPSA) is 82.2 Å². The van der Waals surface area contributed by atoms with Crippen LogP contribution in [0.3, 0.4) is 0 Å². The minimum absolute atomic E-state index is 0. The number of aromatic nitrogens is 2. The van der Waals surface area contributed by atoms with Gasteiger partial charge < -0.3 is 10.6 Å². The Balaban J connectivity index is 0.000000263. The number of anilines is 1. The van der Waals surface area contributed by atoms with Crippen LogP contribution in [-0.4, -0.2) is 46.1 Å². The Kier molecular flexibility index (Phi) is 7.03. The maximum atomic E-state index is 12.1. The maximum absolute atomic E-state index is 12.1. The molecule has 0 radical (unpaired) electrons. The lowest BCUT2D eigenvalue weighted by Crippen LogP contribution is -2.61. The molecule has 0 unspecified atom stereocenters. The number of carbonyl (C=O) groups is 1. The number of thiazole rings is 1. The molecule has 0 aliphatic carbocycles. The van der Waals surface area contributed by atoms with Gasteiger partial charge in [0, 0.05) is 51.1 Å². The molecule has 2 saturated heterocycles. The highest BCUT2D eigenvalue weighted by atomic mass is 32.1. The molecular formula is C24H36N6OS2. The minimum Gasteiger partial charge on any atom is -0.317 e. The lowest BCUT2D eigenvalue weighted by atomic mass is 10.0. The Morgan fingerprint density at radius 2 is 2.24 bits per heavy atom. The second-order valence-electron chi connectivity index (χ2n) is 8.86. The van der Waals surface area contributed by atoms with E-state index in [1.165, 1.54) is 36.2 Å². The van der Waals surface area contributed by atoms with Gasteiger partial charge in [0.05, 0.1) is 10.9 Å². The number of rotatable bonds is 5. The quantitative estimate of drug-likeness (QED) is 0.467. The maximum Gasteiger partial charge on any atom is 0.224 e. The van der Waals surface area contributed by atoms with Crippen LogP contribution >= 0.6 is 22.7 Å². The normalized spacial score (nSPS) is 21.6. The molecule has 0 bridgehead atoms. The van der Waals surface area contributed by atoms with Gasteiger partial charge in [0.2, 0.25) is 5.91 Å². The van der Waals surface area contributed by atoms with E-state index in [1.54, 1.807) is 35.1 Å². The Morgan fingerprint density at radius 3 is 2.94 bits per heavy atom. The molecule has 0 saturated carbocycles. The Morgan fingerprint density at radius 1 is 1.33 bits per heavy atom. The molecule has 6 rings (SSSR count). The second kappa shape index (κ2) is 10.1. The van der Waals surface area contributed by atoms with Gasteiger partial charge >= 0.3 is 0 Å². The zero-order chi connectivity index (χ0) is 22.8. The molecule has 0 spiro atoms. The van der Waals surface area contributed by atoms with Crippen LogP contribution in [0.2, 0.25) is 0 Å². The predicted octanol–water partition coefficient (Wildman–Crippen LogP) is 5.04. The third-order valence-electron chi connectivity index (χ3n) is 6.66. The zero-order valence-corrected chi connectivity index (χ0v) is 21.0. The van der Waals surface area contributed by atoms with Gasteiger partial charge in [0.15, 0.2) is 0 Å². The summed E-state index contributed by atoms with van der Waals surface area (Å²) >= 11 is 3.34. The second-order valence-corrected chi connectivity index (χ2v) is 11.0. The number of pyridine rings is 1. The van der Waals surface area contributed by atoms with E-state index < -0.39 is 0 Å². The van der Waals surface area contributed by atoms with Gasteiger partial charge in [-0.25, -0.2) is 9.99 Å². The molecule has 2 fully saturated rings. The van der Waals surface area contributed by atoms with Gasteiger partial charge in [-0.15, -0.1) is 22.7 Å². The van der Waals surface area contributed by atoms with Crippen LogP contribution in [-0.2, 0) is 17.8 Å². The van der Waals surface area contributed by atoms with Gasteiger partial charge in [-0.1, -0.05) is 13.8 Å². The summed E-state index contributed by atoms with van der Waals surface area (Å²) in [7, 11) is 0. The summed E-state index contributed by atoms with van der Waals surface area (Å²) in [5.41, 5.74) is 6.70. The van der Waals surface area contributed by atoms with Crippen molar-refractivity contribution < 1.29 is 7.65 Å². The van der Waals surface area contributed by atoms with E-state index in [1.807, 2.05) is 13.0 Å². The molecule has 3 N–H and O–H groups in total. The Bertz CT molecular complexity index is 1100. The fourth-order valence-electron chi connectivity index (χ4n) is 4.87. The van der Waals surface area contributed by atoms with E-state index in [-0.39, 0.29) is 8.76 Å². The average Bonchev–Trinajstić information content (AvgIpc) is 3.46. The number of hydrazine groups is 1. The summed E-state index contributed by atoms with van der Waals surface area (Å²) < 4.78 is 1.12. The number of thiophene rings is 1. The highest BCUT2D eigenvalue weighted by Crippen LogP contribution is 2.44. The molecule has 3 aliphatic heterocycles. The largest absolute Gasteiger partial charge is 0.317 e. The van der Waals surface area contributed by atoms with Crippen LogP contribution in [0.15, 0.2) is 18.5 Å². The number of nitrogens with zero attached hydrogens (tertiary/aromatic N) is 3.